The summed E-state index contributed by atoms with van der Waals surface area (Å²) in [5.74, 6) is 0.209. The highest BCUT2D eigenvalue weighted by Crippen LogP contribution is 2.47. The SMILES string of the molecule is CCn1cc(-c2cc(CBr)cc3c2CCN([C@H](c2cc(C)ccn2)C2CC2)C3=O)c(C(F)(F)F)n1. The van der Waals surface area contributed by atoms with Crippen molar-refractivity contribution < 1.29 is 18.0 Å². The normalized spacial score (nSPS) is 17.0. The van der Waals surface area contributed by atoms with Gasteiger partial charge in [0.05, 0.1) is 11.7 Å². The number of carbonyl (C=O) groups is 1. The smallest absolute Gasteiger partial charge is 0.329 e. The van der Waals surface area contributed by atoms with Gasteiger partial charge in [-0.15, -0.1) is 0 Å². The predicted molar refractivity (Wildman–Crippen MR) is 130 cm³/mol. The highest BCUT2D eigenvalue weighted by atomic mass is 79.9. The average Bonchev–Trinajstić information content (AvgIpc) is 3.55. The van der Waals surface area contributed by atoms with Crippen LogP contribution in [0, 0.1) is 12.8 Å². The van der Waals surface area contributed by atoms with Crippen LogP contribution in [0.3, 0.4) is 0 Å². The van der Waals surface area contributed by atoms with Crippen LogP contribution in [-0.4, -0.2) is 32.1 Å². The van der Waals surface area contributed by atoms with Crippen LogP contribution in [0.4, 0.5) is 13.2 Å². The van der Waals surface area contributed by atoms with Crippen LogP contribution in [0.2, 0.25) is 0 Å². The molecule has 0 saturated heterocycles. The standard InChI is InChI=1S/C26H26BrF3N4O/c1-3-33-14-21(24(32-33)26(28,29)30)19-11-16(13-27)12-20-18(19)7-9-34(25(20)35)23(17-4-5-17)22-10-15(2)6-8-31-22/h6,8,10-12,14,17,23H,3-5,7,9,13H2,1-2H3/t23-/m0/s1. The minimum Gasteiger partial charge on any atom is -0.329 e. The summed E-state index contributed by atoms with van der Waals surface area (Å²) in [6, 6.07) is 7.40. The van der Waals surface area contributed by atoms with E-state index in [0.29, 0.717) is 47.4 Å². The Balaban J connectivity index is 1.62. The topological polar surface area (TPSA) is 51.0 Å². The molecule has 0 unspecified atom stereocenters. The van der Waals surface area contributed by atoms with Gasteiger partial charge in [-0.1, -0.05) is 15.9 Å². The van der Waals surface area contributed by atoms with Gasteiger partial charge in [0.25, 0.3) is 5.91 Å². The maximum atomic E-state index is 13.9. The molecule has 0 N–H and O–H groups in total. The van der Waals surface area contributed by atoms with E-state index in [-0.39, 0.29) is 17.5 Å². The van der Waals surface area contributed by atoms with Crippen molar-refractivity contribution >= 4 is 21.8 Å². The summed E-state index contributed by atoms with van der Waals surface area (Å²) >= 11 is 3.43. The lowest BCUT2D eigenvalue weighted by Gasteiger charge is -2.36. The maximum absolute atomic E-state index is 13.9. The van der Waals surface area contributed by atoms with Crippen molar-refractivity contribution in [2.75, 3.05) is 6.54 Å². The van der Waals surface area contributed by atoms with Gasteiger partial charge >= 0.3 is 6.18 Å². The summed E-state index contributed by atoms with van der Waals surface area (Å²) in [7, 11) is 0. The number of nitrogens with zero attached hydrogens (tertiary/aromatic N) is 4. The summed E-state index contributed by atoms with van der Waals surface area (Å²) in [5.41, 5.74) is 3.40. The first kappa shape index (κ1) is 24.0. The van der Waals surface area contributed by atoms with E-state index in [2.05, 4.69) is 26.0 Å². The largest absolute Gasteiger partial charge is 0.435 e. The van der Waals surface area contributed by atoms with E-state index in [9.17, 15) is 18.0 Å². The van der Waals surface area contributed by atoms with Gasteiger partial charge in [0.15, 0.2) is 5.69 Å². The Morgan fingerprint density at radius 1 is 1.17 bits per heavy atom. The average molecular weight is 547 g/mol. The summed E-state index contributed by atoms with van der Waals surface area (Å²) in [5, 5.41) is 4.22. The molecular formula is C26H26BrF3N4O. The summed E-state index contributed by atoms with van der Waals surface area (Å²) in [6.07, 6.45) is 1.17. The molecule has 2 aliphatic rings. The molecular weight excluding hydrogens is 521 g/mol. The molecule has 3 aromatic rings. The molecule has 9 heteroatoms. The van der Waals surface area contributed by atoms with E-state index < -0.39 is 11.9 Å². The molecule has 35 heavy (non-hydrogen) atoms. The van der Waals surface area contributed by atoms with E-state index in [1.165, 1.54) is 10.9 Å². The number of halogens is 4. The van der Waals surface area contributed by atoms with Gasteiger partial charge in [-0.25, -0.2) is 0 Å². The number of hydrogen-bond acceptors (Lipinski definition) is 3. The fraction of sp³-hybridized carbons (Fsp3) is 0.423. The first-order valence-corrected chi connectivity index (χ1v) is 12.9. The van der Waals surface area contributed by atoms with E-state index in [1.807, 2.05) is 30.0 Å². The second-order valence-electron chi connectivity index (χ2n) is 9.34. The van der Waals surface area contributed by atoms with Crippen LogP contribution in [-0.2, 0) is 24.5 Å². The first-order chi connectivity index (χ1) is 16.7. The van der Waals surface area contributed by atoms with Crippen LogP contribution < -0.4 is 0 Å². The van der Waals surface area contributed by atoms with E-state index in [0.717, 1.165) is 29.7 Å². The molecule has 1 aromatic carbocycles. The second kappa shape index (κ2) is 9.08. The van der Waals surface area contributed by atoms with Crippen molar-refractivity contribution in [3.8, 4) is 11.1 Å². The molecule has 3 heterocycles. The van der Waals surface area contributed by atoms with Crippen LogP contribution in [0.15, 0.2) is 36.7 Å². The Labute approximate surface area is 210 Å². The van der Waals surface area contributed by atoms with Gasteiger partial charge in [-0.3, -0.25) is 14.5 Å². The predicted octanol–water partition coefficient (Wildman–Crippen LogP) is 6.34. The number of fused-ring (bicyclic) bond motifs is 1. The number of hydrogen-bond donors (Lipinski definition) is 0. The van der Waals surface area contributed by atoms with Gasteiger partial charge in [0, 0.05) is 41.9 Å². The van der Waals surface area contributed by atoms with Crippen LogP contribution in [0.5, 0.6) is 0 Å². The Bertz CT molecular complexity index is 1280. The van der Waals surface area contributed by atoms with Crippen LogP contribution >= 0.6 is 15.9 Å². The molecule has 1 aliphatic heterocycles. The van der Waals surface area contributed by atoms with Gasteiger partial charge in [0.2, 0.25) is 0 Å². The Kier molecular flexibility index (Phi) is 6.23. The van der Waals surface area contributed by atoms with E-state index >= 15 is 0 Å². The van der Waals surface area contributed by atoms with E-state index in [4.69, 9.17) is 0 Å². The number of amides is 1. The van der Waals surface area contributed by atoms with Gasteiger partial charge in [0.1, 0.15) is 0 Å². The zero-order valence-corrected chi connectivity index (χ0v) is 21.2. The number of aryl methyl sites for hydroxylation is 2. The molecule has 2 aromatic heterocycles. The van der Waals surface area contributed by atoms with Crippen molar-refractivity contribution in [3.05, 3.63) is 70.3 Å². The number of aromatic nitrogens is 3. The minimum atomic E-state index is -4.59. The molecule has 1 saturated carbocycles. The summed E-state index contributed by atoms with van der Waals surface area (Å²) in [4.78, 5) is 20.3. The first-order valence-electron chi connectivity index (χ1n) is 11.8. The molecule has 0 spiro atoms. The zero-order valence-electron chi connectivity index (χ0n) is 19.6. The number of rotatable bonds is 6. The highest BCUT2D eigenvalue weighted by Gasteiger charge is 2.43. The quantitative estimate of drug-likeness (QED) is 0.339. The summed E-state index contributed by atoms with van der Waals surface area (Å²) < 4.78 is 43.0. The molecule has 1 fully saturated rings. The molecule has 5 nitrogen and oxygen atoms in total. The molecule has 1 aliphatic carbocycles. The number of benzene rings is 1. The molecule has 5 rings (SSSR count). The monoisotopic (exact) mass is 546 g/mol. The fourth-order valence-electron chi connectivity index (χ4n) is 5.04. The van der Waals surface area contributed by atoms with Crippen LogP contribution in [0.1, 0.15) is 64.2 Å². The third kappa shape index (κ3) is 4.50. The number of alkyl halides is 4. The lowest BCUT2D eigenvalue weighted by Crippen LogP contribution is -2.41. The van der Waals surface area contributed by atoms with Gasteiger partial charge in [-0.05, 0) is 85.5 Å². The number of pyridine rings is 1. The van der Waals surface area contributed by atoms with E-state index in [1.54, 1.807) is 19.2 Å². The molecule has 0 radical (unpaired) electrons. The van der Waals surface area contributed by atoms with Crippen molar-refractivity contribution in [1.29, 1.82) is 0 Å². The van der Waals surface area contributed by atoms with Crippen molar-refractivity contribution in [2.24, 2.45) is 5.92 Å². The third-order valence-electron chi connectivity index (χ3n) is 6.85. The van der Waals surface area contributed by atoms with Gasteiger partial charge in [-0.2, -0.15) is 18.3 Å². The number of carbonyl (C=O) groups excluding carboxylic acids is 1. The fourth-order valence-corrected chi connectivity index (χ4v) is 5.37. The van der Waals surface area contributed by atoms with Crippen molar-refractivity contribution in [3.63, 3.8) is 0 Å². The Morgan fingerprint density at radius 3 is 2.54 bits per heavy atom. The lowest BCUT2D eigenvalue weighted by molar-refractivity contribution is -0.141. The lowest BCUT2D eigenvalue weighted by atomic mass is 9.87. The highest BCUT2D eigenvalue weighted by molar-refractivity contribution is 9.08. The minimum absolute atomic E-state index is 0.0266. The Hall–Kier alpha value is -2.68. The molecule has 1 amide bonds. The zero-order chi connectivity index (χ0) is 24.9. The van der Waals surface area contributed by atoms with Gasteiger partial charge < -0.3 is 4.90 Å². The summed E-state index contributed by atoms with van der Waals surface area (Å²) in [6.45, 7) is 4.51. The van der Waals surface area contributed by atoms with Crippen LogP contribution in [0.25, 0.3) is 11.1 Å². The second-order valence-corrected chi connectivity index (χ2v) is 9.90. The molecule has 1 atom stereocenters. The third-order valence-corrected chi connectivity index (χ3v) is 7.49. The molecule has 184 valence electrons. The maximum Gasteiger partial charge on any atom is 0.435 e. The van der Waals surface area contributed by atoms with Crippen molar-refractivity contribution in [2.45, 2.75) is 57.2 Å². The Morgan fingerprint density at radius 2 is 1.91 bits per heavy atom. The molecule has 0 bridgehead atoms. The van der Waals surface area contributed by atoms with Crippen molar-refractivity contribution in [1.82, 2.24) is 19.7 Å².